The largest absolute Gasteiger partial charge is 0.394 e. The Balaban J connectivity index is 1.88. The Labute approximate surface area is 136 Å². The molecular formula is C17H25NO5. The molecule has 2 aliphatic rings. The van der Waals surface area contributed by atoms with Crippen molar-refractivity contribution < 1.29 is 24.8 Å². The second-order valence-corrected chi connectivity index (χ2v) is 6.55. The van der Waals surface area contributed by atoms with E-state index in [1.165, 1.54) is 7.11 Å². The van der Waals surface area contributed by atoms with Gasteiger partial charge >= 0.3 is 0 Å². The molecule has 0 bridgehead atoms. The lowest BCUT2D eigenvalue weighted by atomic mass is 9.88. The number of methoxy groups -OCH3 is 1. The monoisotopic (exact) mass is 323 g/mol. The van der Waals surface area contributed by atoms with Gasteiger partial charge < -0.3 is 24.8 Å². The van der Waals surface area contributed by atoms with Gasteiger partial charge in [-0.2, -0.15) is 0 Å². The number of aliphatic hydroxyl groups excluding tert-OH is 3. The molecule has 3 rings (SSSR count). The number of hydrogen-bond donors (Lipinski definition) is 3. The van der Waals surface area contributed by atoms with E-state index < -0.39 is 30.8 Å². The van der Waals surface area contributed by atoms with Crippen LogP contribution in [0.4, 0.5) is 0 Å². The third kappa shape index (κ3) is 2.80. The highest BCUT2D eigenvalue weighted by Gasteiger charge is 2.49. The van der Waals surface area contributed by atoms with E-state index >= 15 is 0 Å². The van der Waals surface area contributed by atoms with Gasteiger partial charge in [0.1, 0.15) is 6.23 Å². The van der Waals surface area contributed by atoms with Crippen molar-refractivity contribution in [2.45, 2.75) is 51.2 Å². The van der Waals surface area contributed by atoms with Crippen LogP contribution in [0.15, 0.2) is 18.2 Å². The van der Waals surface area contributed by atoms with Crippen LogP contribution < -0.4 is 0 Å². The van der Waals surface area contributed by atoms with E-state index in [1.807, 2.05) is 30.9 Å². The Morgan fingerprint density at radius 2 is 2.09 bits per heavy atom. The number of aliphatic hydroxyl groups is 3. The first-order chi connectivity index (χ1) is 11.0. The standard InChI is InChI=1S/C17H25NO5/c1-9-4-5-12-11(6-9)7-18(16(12)21)14-15(20)10(2)13(8-19)23-17(14)22-3/h4-6,10,13-17,19-21H,7-8H2,1-3H3/t10-,13?,14?,15?,16?,17-/m1/s1. The number of rotatable bonds is 3. The molecule has 23 heavy (non-hydrogen) atoms. The summed E-state index contributed by atoms with van der Waals surface area (Å²) in [7, 11) is 1.51. The van der Waals surface area contributed by atoms with Gasteiger partial charge in [-0.15, -0.1) is 0 Å². The smallest absolute Gasteiger partial charge is 0.175 e. The summed E-state index contributed by atoms with van der Waals surface area (Å²) in [6, 6.07) is 5.45. The first kappa shape index (κ1) is 16.8. The molecule has 1 aromatic rings. The SMILES string of the molecule is CO[C@@H]1OC(CO)[C@@H](C)C(O)C1N1Cc2cc(C)ccc2C1O. The summed E-state index contributed by atoms with van der Waals surface area (Å²) in [6.07, 6.45) is -2.75. The van der Waals surface area contributed by atoms with Crippen LogP contribution in [0.25, 0.3) is 0 Å². The number of fused-ring (bicyclic) bond motifs is 1. The minimum atomic E-state index is -0.802. The molecule has 128 valence electrons. The maximum atomic E-state index is 10.7. The Bertz CT molecular complexity index is 564. The van der Waals surface area contributed by atoms with Crippen molar-refractivity contribution in [1.82, 2.24) is 4.90 Å². The molecule has 0 aromatic heterocycles. The van der Waals surface area contributed by atoms with Crippen LogP contribution in [0, 0.1) is 12.8 Å². The quantitative estimate of drug-likeness (QED) is 0.753. The number of benzene rings is 1. The Kier molecular flexibility index (Phi) is 4.73. The Morgan fingerprint density at radius 3 is 2.74 bits per heavy atom. The van der Waals surface area contributed by atoms with E-state index in [9.17, 15) is 15.3 Å². The van der Waals surface area contributed by atoms with E-state index in [0.717, 1.165) is 16.7 Å². The van der Waals surface area contributed by atoms with Crippen LogP contribution in [0.5, 0.6) is 0 Å². The van der Waals surface area contributed by atoms with Crippen LogP contribution in [-0.4, -0.2) is 58.5 Å². The number of nitrogens with zero attached hydrogens (tertiary/aromatic N) is 1. The fourth-order valence-corrected chi connectivity index (χ4v) is 3.68. The van der Waals surface area contributed by atoms with Crippen LogP contribution in [0.3, 0.4) is 0 Å². The molecule has 0 amide bonds. The van der Waals surface area contributed by atoms with Crippen LogP contribution in [0.1, 0.15) is 29.8 Å². The van der Waals surface area contributed by atoms with Crippen molar-refractivity contribution in [3.63, 3.8) is 0 Å². The van der Waals surface area contributed by atoms with Crippen molar-refractivity contribution in [1.29, 1.82) is 0 Å². The minimum Gasteiger partial charge on any atom is -0.394 e. The van der Waals surface area contributed by atoms with E-state index in [2.05, 4.69) is 6.07 Å². The third-order valence-corrected chi connectivity index (χ3v) is 5.10. The van der Waals surface area contributed by atoms with Crippen molar-refractivity contribution in [3.8, 4) is 0 Å². The van der Waals surface area contributed by atoms with Crippen molar-refractivity contribution in [3.05, 3.63) is 34.9 Å². The molecule has 6 heteroatoms. The van der Waals surface area contributed by atoms with E-state index in [-0.39, 0.29) is 12.5 Å². The molecule has 0 saturated carbocycles. The van der Waals surface area contributed by atoms with Gasteiger partial charge in [0.15, 0.2) is 6.29 Å². The lowest BCUT2D eigenvalue weighted by Gasteiger charge is -2.46. The highest BCUT2D eigenvalue weighted by Crippen LogP contribution is 2.39. The number of hydrogen-bond acceptors (Lipinski definition) is 6. The predicted octanol–water partition coefficient (Wildman–Crippen LogP) is 0.531. The average Bonchev–Trinajstić information content (AvgIpc) is 2.85. The fraction of sp³-hybridized carbons (Fsp3) is 0.647. The van der Waals surface area contributed by atoms with Gasteiger partial charge in [-0.3, -0.25) is 4.90 Å². The average molecular weight is 323 g/mol. The zero-order valence-electron chi connectivity index (χ0n) is 13.7. The molecule has 1 fully saturated rings. The summed E-state index contributed by atoms with van der Waals surface area (Å²) >= 11 is 0. The van der Waals surface area contributed by atoms with Crippen LogP contribution >= 0.6 is 0 Å². The number of ether oxygens (including phenoxy) is 2. The molecule has 2 aliphatic heterocycles. The molecule has 0 aliphatic carbocycles. The van der Waals surface area contributed by atoms with Gasteiger partial charge in [0, 0.05) is 19.6 Å². The van der Waals surface area contributed by atoms with Gasteiger partial charge in [0.05, 0.1) is 24.9 Å². The highest BCUT2D eigenvalue weighted by atomic mass is 16.7. The first-order valence-corrected chi connectivity index (χ1v) is 7.98. The molecule has 0 radical (unpaired) electrons. The summed E-state index contributed by atoms with van der Waals surface area (Å²) in [5, 5.41) is 30.8. The summed E-state index contributed by atoms with van der Waals surface area (Å²) in [5.41, 5.74) is 3.04. The maximum Gasteiger partial charge on any atom is 0.175 e. The fourth-order valence-electron chi connectivity index (χ4n) is 3.68. The summed E-state index contributed by atoms with van der Waals surface area (Å²) in [4.78, 5) is 1.81. The van der Waals surface area contributed by atoms with Crippen LogP contribution in [0.2, 0.25) is 0 Å². The third-order valence-electron chi connectivity index (χ3n) is 5.10. The van der Waals surface area contributed by atoms with E-state index in [4.69, 9.17) is 9.47 Å². The zero-order chi connectivity index (χ0) is 16.7. The van der Waals surface area contributed by atoms with Gasteiger partial charge in [0.25, 0.3) is 0 Å². The van der Waals surface area contributed by atoms with Crippen molar-refractivity contribution in [2.24, 2.45) is 5.92 Å². The molecule has 6 nitrogen and oxygen atoms in total. The van der Waals surface area contributed by atoms with Crippen molar-refractivity contribution >= 4 is 0 Å². The zero-order valence-corrected chi connectivity index (χ0v) is 13.7. The Hall–Kier alpha value is -1.02. The molecular weight excluding hydrogens is 298 g/mol. The van der Waals surface area contributed by atoms with E-state index in [0.29, 0.717) is 6.54 Å². The maximum absolute atomic E-state index is 10.7. The molecule has 0 spiro atoms. The van der Waals surface area contributed by atoms with Crippen LogP contribution in [-0.2, 0) is 16.0 Å². The summed E-state index contributed by atoms with van der Waals surface area (Å²) in [6.45, 7) is 4.20. The lowest BCUT2D eigenvalue weighted by Crippen LogP contribution is -2.61. The summed E-state index contributed by atoms with van der Waals surface area (Å²) < 4.78 is 11.2. The summed E-state index contributed by atoms with van der Waals surface area (Å²) in [5.74, 6) is -0.256. The van der Waals surface area contributed by atoms with Gasteiger partial charge in [-0.05, 0) is 18.1 Å². The normalized spacial score (nSPS) is 37.8. The molecule has 1 aromatic carbocycles. The first-order valence-electron chi connectivity index (χ1n) is 7.98. The van der Waals surface area contributed by atoms with E-state index in [1.54, 1.807) is 0 Å². The van der Waals surface area contributed by atoms with Crippen molar-refractivity contribution in [2.75, 3.05) is 13.7 Å². The van der Waals surface area contributed by atoms with Gasteiger partial charge in [-0.1, -0.05) is 30.7 Å². The highest BCUT2D eigenvalue weighted by molar-refractivity contribution is 5.36. The topological polar surface area (TPSA) is 82.4 Å². The Morgan fingerprint density at radius 1 is 1.35 bits per heavy atom. The molecule has 1 saturated heterocycles. The lowest BCUT2D eigenvalue weighted by molar-refractivity contribution is -0.277. The predicted molar refractivity (Wildman–Crippen MR) is 83.4 cm³/mol. The van der Waals surface area contributed by atoms with Gasteiger partial charge in [-0.25, -0.2) is 0 Å². The molecule has 3 N–H and O–H groups in total. The second kappa shape index (κ2) is 6.47. The molecule has 2 heterocycles. The van der Waals surface area contributed by atoms with Gasteiger partial charge in [0.2, 0.25) is 0 Å². The minimum absolute atomic E-state index is 0.174. The molecule has 4 unspecified atom stereocenters. The number of aryl methyl sites for hydroxylation is 1. The second-order valence-electron chi connectivity index (χ2n) is 6.55. The molecule has 6 atom stereocenters.